The Labute approximate surface area is 221 Å². The van der Waals surface area contributed by atoms with Crippen LogP contribution in [-0.4, -0.2) is 59.1 Å². The SMILES string of the molecule is COC(=O)[C@@H]1C[C@@H]1COc1ccc2ncc(F)c(CCC34CCC(NC(=O)OC(C)(C)C)(CC3)CO4)c2n1. The second-order valence-corrected chi connectivity index (χ2v) is 11.9. The number of amides is 1. The van der Waals surface area contributed by atoms with E-state index in [-0.39, 0.29) is 23.4 Å². The lowest BCUT2D eigenvalue weighted by Gasteiger charge is -2.53. The van der Waals surface area contributed by atoms with Gasteiger partial charge in [-0.3, -0.25) is 9.78 Å². The molecule has 0 aromatic carbocycles. The van der Waals surface area contributed by atoms with Crippen LogP contribution in [0.4, 0.5) is 9.18 Å². The van der Waals surface area contributed by atoms with Crippen LogP contribution in [0.25, 0.3) is 11.0 Å². The Kier molecular flexibility index (Phi) is 6.96. The van der Waals surface area contributed by atoms with Crippen molar-refractivity contribution in [2.45, 2.75) is 82.5 Å². The highest BCUT2D eigenvalue weighted by atomic mass is 19.1. The Morgan fingerprint density at radius 2 is 1.97 bits per heavy atom. The van der Waals surface area contributed by atoms with Gasteiger partial charge in [-0.05, 0) is 71.8 Å². The maximum Gasteiger partial charge on any atom is 0.408 e. The maximum absolute atomic E-state index is 15.0. The van der Waals surface area contributed by atoms with Crippen molar-refractivity contribution in [2.24, 2.45) is 11.8 Å². The first-order chi connectivity index (χ1) is 18.0. The minimum Gasteiger partial charge on any atom is -0.477 e. The number of alkyl carbamates (subject to hydrolysis) is 1. The second-order valence-electron chi connectivity index (χ2n) is 11.9. The highest BCUT2D eigenvalue weighted by Gasteiger charge is 2.50. The molecular formula is C28H36FN3O6. The number of methoxy groups -OCH3 is 1. The zero-order chi connectivity index (χ0) is 27.1. The third kappa shape index (κ3) is 5.70. The Morgan fingerprint density at radius 3 is 2.63 bits per heavy atom. The van der Waals surface area contributed by atoms with Crippen molar-refractivity contribution in [3.8, 4) is 5.88 Å². The van der Waals surface area contributed by atoms with Gasteiger partial charge < -0.3 is 24.3 Å². The number of nitrogens with zero attached hydrogens (tertiary/aromatic N) is 2. The lowest BCUT2D eigenvalue weighted by Crippen LogP contribution is -2.63. The van der Waals surface area contributed by atoms with Crippen molar-refractivity contribution in [3.63, 3.8) is 0 Å². The van der Waals surface area contributed by atoms with Gasteiger partial charge in [0.2, 0.25) is 5.88 Å². The molecule has 4 fully saturated rings. The van der Waals surface area contributed by atoms with Gasteiger partial charge in [-0.15, -0.1) is 0 Å². The molecule has 38 heavy (non-hydrogen) atoms. The molecule has 1 N–H and O–H groups in total. The van der Waals surface area contributed by atoms with Crippen molar-refractivity contribution in [2.75, 3.05) is 20.3 Å². The number of fused-ring (bicyclic) bond motifs is 4. The first kappa shape index (κ1) is 26.6. The van der Waals surface area contributed by atoms with Gasteiger partial charge in [0.25, 0.3) is 0 Å². The smallest absolute Gasteiger partial charge is 0.408 e. The molecule has 2 aliphatic heterocycles. The molecule has 4 aliphatic rings. The number of esters is 1. The summed E-state index contributed by atoms with van der Waals surface area (Å²) >= 11 is 0. The van der Waals surface area contributed by atoms with Gasteiger partial charge >= 0.3 is 12.1 Å². The molecule has 2 saturated carbocycles. The average Bonchev–Trinajstić information content (AvgIpc) is 3.66. The molecule has 1 amide bonds. The Morgan fingerprint density at radius 1 is 1.21 bits per heavy atom. The van der Waals surface area contributed by atoms with E-state index in [2.05, 4.69) is 15.3 Å². The number of carbonyl (C=O) groups is 2. The number of nitrogens with one attached hydrogen (secondary N) is 1. The monoisotopic (exact) mass is 529 g/mol. The summed E-state index contributed by atoms with van der Waals surface area (Å²) in [5, 5.41) is 3.04. The van der Waals surface area contributed by atoms with Crippen molar-refractivity contribution < 1.29 is 32.9 Å². The zero-order valence-corrected chi connectivity index (χ0v) is 22.5. The number of hydrogen-bond donors (Lipinski definition) is 1. The van der Waals surface area contributed by atoms with Crippen LogP contribution in [0.3, 0.4) is 0 Å². The molecule has 4 heterocycles. The maximum atomic E-state index is 15.0. The number of ether oxygens (including phenoxy) is 4. The minimum absolute atomic E-state index is 0.107. The predicted molar refractivity (Wildman–Crippen MR) is 136 cm³/mol. The van der Waals surface area contributed by atoms with E-state index in [1.54, 1.807) is 12.1 Å². The van der Waals surface area contributed by atoms with E-state index in [0.717, 1.165) is 32.1 Å². The molecule has 2 atom stereocenters. The van der Waals surface area contributed by atoms with Crippen LogP contribution in [0.1, 0.15) is 64.9 Å². The van der Waals surface area contributed by atoms with Gasteiger partial charge in [-0.2, -0.15) is 0 Å². The molecule has 2 bridgehead atoms. The summed E-state index contributed by atoms with van der Waals surface area (Å²) in [6.45, 7) is 6.29. The summed E-state index contributed by atoms with van der Waals surface area (Å²) in [6.07, 6.45) is 5.76. The zero-order valence-electron chi connectivity index (χ0n) is 22.5. The van der Waals surface area contributed by atoms with Crippen molar-refractivity contribution in [1.82, 2.24) is 15.3 Å². The van der Waals surface area contributed by atoms with Gasteiger partial charge in [0.15, 0.2) is 0 Å². The fraction of sp³-hybridized carbons (Fsp3) is 0.643. The molecule has 2 aliphatic carbocycles. The molecule has 2 saturated heterocycles. The third-order valence-electron chi connectivity index (χ3n) is 7.98. The number of carbonyl (C=O) groups excluding carboxylic acids is 2. The summed E-state index contributed by atoms with van der Waals surface area (Å²) in [4.78, 5) is 32.8. The van der Waals surface area contributed by atoms with Crippen LogP contribution in [0.5, 0.6) is 5.88 Å². The number of aromatic nitrogens is 2. The molecule has 0 spiro atoms. The summed E-state index contributed by atoms with van der Waals surface area (Å²) in [5.41, 5.74) is 0.231. The molecule has 0 unspecified atom stereocenters. The third-order valence-corrected chi connectivity index (χ3v) is 7.98. The quantitative estimate of drug-likeness (QED) is 0.498. The standard InChI is InChI=1S/C28H36FN3O6/c1-26(2,3)38-25(34)32-27-9-11-28(12-10-27,37-16-27)8-7-18-20(29)14-30-21-5-6-22(31-23(18)21)36-15-17-13-19(17)24(33)35-4/h5-6,14,17,19H,7-13,15-16H2,1-4H3,(H,32,34)/t17-,19-,27?,28?/m1/s1. The van der Waals surface area contributed by atoms with Gasteiger partial charge in [0, 0.05) is 17.5 Å². The second kappa shape index (κ2) is 9.94. The number of rotatable bonds is 8. The van der Waals surface area contributed by atoms with Crippen LogP contribution in [0.2, 0.25) is 0 Å². The molecule has 2 aromatic heterocycles. The number of hydrogen-bond acceptors (Lipinski definition) is 8. The minimum atomic E-state index is -0.561. The number of aryl methyl sites for hydroxylation is 1. The van der Waals surface area contributed by atoms with Crippen LogP contribution in [-0.2, 0) is 25.4 Å². The molecule has 6 rings (SSSR count). The average molecular weight is 530 g/mol. The van der Waals surface area contributed by atoms with Crippen molar-refractivity contribution >= 4 is 23.1 Å². The van der Waals surface area contributed by atoms with E-state index in [0.29, 0.717) is 48.5 Å². The van der Waals surface area contributed by atoms with Crippen LogP contribution in [0, 0.1) is 17.7 Å². The summed E-state index contributed by atoms with van der Waals surface area (Å²) in [5.74, 6) is -0.263. The molecule has 0 radical (unpaired) electrons. The van der Waals surface area contributed by atoms with Gasteiger partial charge in [0.05, 0.1) is 54.6 Å². The lowest BCUT2D eigenvalue weighted by molar-refractivity contribution is -0.163. The van der Waals surface area contributed by atoms with Crippen LogP contribution >= 0.6 is 0 Å². The van der Waals surface area contributed by atoms with Crippen molar-refractivity contribution in [3.05, 3.63) is 29.7 Å². The Balaban J connectivity index is 1.22. The Hall–Kier alpha value is -3.01. The first-order valence-corrected chi connectivity index (χ1v) is 13.3. The van der Waals surface area contributed by atoms with Crippen molar-refractivity contribution in [1.29, 1.82) is 0 Å². The molecule has 206 valence electrons. The summed E-state index contributed by atoms with van der Waals surface area (Å²) < 4.78 is 37.4. The van der Waals surface area contributed by atoms with E-state index in [1.165, 1.54) is 13.3 Å². The lowest BCUT2D eigenvalue weighted by atomic mass is 9.69. The van der Waals surface area contributed by atoms with E-state index < -0.39 is 23.1 Å². The van der Waals surface area contributed by atoms with E-state index in [1.807, 2.05) is 20.8 Å². The van der Waals surface area contributed by atoms with Gasteiger partial charge in [-0.1, -0.05) is 0 Å². The van der Waals surface area contributed by atoms with Gasteiger partial charge in [0.1, 0.15) is 11.4 Å². The van der Waals surface area contributed by atoms with E-state index >= 15 is 0 Å². The largest absolute Gasteiger partial charge is 0.477 e. The Bertz CT molecular complexity index is 1200. The number of pyridine rings is 2. The fourth-order valence-electron chi connectivity index (χ4n) is 5.58. The molecular weight excluding hydrogens is 493 g/mol. The first-order valence-electron chi connectivity index (χ1n) is 13.3. The number of halogens is 1. The topological polar surface area (TPSA) is 109 Å². The predicted octanol–water partition coefficient (Wildman–Crippen LogP) is 4.50. The van der Waals surface area contributed by atoms with E-state index in [4.69, 9.17) is 18.9 Å². The van der Waals surface area contributed by atoms with E-state index in [9.17, 15) is 14.0 Å². The summed E-state index contributed by atoms with van der Waals surface area (Å²) in [7, 11) is 1.38. The normalized spacial score (nSPS) is 28.1. The molecule has 2 aromatic rings. The van der Waals surface area contributed by atoms with Crippen LogP contribution < -0.4 is 10.1 Å². The van der Waals surface area contributed by atoms with Crippen LogP contribution in [0.15, 0.2) is 18.3 Å². The molecule has 9 nitrogen and oxygen atoms in total. The van der Waals surface area contributed by atoms with Gasteiger partial charge in [-0.25, -0.2) is 14.2 Å². The highest BCUT2D eigenvalue weighted by Crippen LogP contribution is 2.46. The highest BCUT2D eigenvalue weighted by molar-refractivity contribution is 5.78. The summed E-state index contributed by atoms with van der Waals surface area (Å²) in [6, 6.07) is 3.49. The molecule has 10 heteroatoms. The fourth-order valence-corrected chi connectivity index (χ4v) is 5.58.